The highest BCUT2D eigenvalue weighted by Crippen LogP contribution is 2.17. The Morgan fingerprint density at radius 3 is 2.58 bits per heavy atom. The van der Waals surface area contributed by atoms with Crippen LogP contribution in [0.4, 0.5) is 0 Å². The Labute approximate surface area is 155 Å². The van der Waals surface area contributed by atoms with Crippen LogP contribution in [0.25, 0.3) is 6.08 Å². The highest BCUT2D eigenvalue weighted by Gasteiger charge is 2.26. The van der Waals surface area contributed by atoms with Gasteiger partial charge in [0.1, 0.15) is 11.5 Å². The summed E-state index contributed by atoms with van der Waals surface area (Å²) < 4.78 is 5.44. The minimum Gasteiger partial charge on any atom is -0.462 e. The lowest BCUT2D eigenvalue weighted by atomic mass is 10.0. The lowest BCUT2D eigenvalue weighted by Crippen LogP contribution is -2.52. The van der Waals surface area contributed by atoms with E-state index in [9.17, 15) is 9.59 Å². The van der Waals surface area contributed by atoms with Gasteiger partial charge in [-0.15, -0.1) is 0 Å². The normalized spacial score (nSPS) is 22.2. The monoisotopic (exact) mass is 359 g/mol. The fourth-order valence-electron chi connectivity index (χ4n) is 3.68. The molecule has 0 spiro atoms. The molecule has 0 aromatic carbocycles. The third-order valence-corrected chi connectivity index (χ3v) is 5.32. The molecule has 0 N–H and O–H groups in total. The first-order valence-electron chi connectivity index (χ1n) is 9.58. The van der Waals surface area contributed by atoms with Crippen LogP contribution in [-0.2, 0) is 9.59 Å². The van der Waals surface area contributed by atoms with Crippen LogP contribution in [0.5, 0.6) is 0 Å². The first-order valence-corrected chi connectivity index (χ1v) is 9.58. The van der Waals surface area contributed by atoms with Crippen molar-refractivity contribution >= 4 is 17.9 Å². The number of rotatable bonds is 4. The highest BCUT2D eigenvalue weighted by atomic mass is 16.3. The fourth-order valence-corrected chi connectivity index (χ4v) is 3.68. The molecule has 2 fully saturated rings. The van der Waals surface area contributed by atoms with Crippen molar-refractivity contribution in [3.05, 3.63) is 29.7 Å². The van der Waals surface area contributed by atoms with Gasteiger partial charge in [-0.3, -0.25) is 14.5 Å². The third kappa shape index (κ3) is 4.75. The molecule has 0 bridgehead atoms. The zero-order valence-corrected chi connectivity index (χ0v) is 15.8. The van der Waals surface area contributed by atoms with Crippen LogP contribution in [-0.4, -0.2) is 71.8 Å². The van der Waals surface area contributed by atoms with E-state index in [1.54, 1.807) is 12.2 Å². The molecule has 142 valence electrons. The quantitative estimate of drug-likeness (QED) is 0.773. The van der Waals surface area contributed by atoms with E-state index in [1.807, 2.05) is 28.9 Å². The number of carbonyl (C=O) groups is 2. The van der Waals surface area contributed by atoms with Crippen LogP contribution >= 0.6 is 0 Å². The number of amides is 2. The summed E-state index contributed by atoms with van der Waals surface area (Å²) in [7, 11) is 0. The summed E-state index contributed by atoms with van der Waals surface area (Å²) in [6, 6.07) is 4.09. The lowest BCUT2D eigenvalue weighted by molar-refractivity contribution is -0.136. The molecule has 2 saturated heterocycles. The van der Waals surface area contributed by atoms with E-state index >= 15 is 0 Å². The van der Waals surface area contributed by atoms with Crippen molar-refractivity contribution in [1.29, 1.82) is 0 Å². The second-order valence-electron chi connectivity index (χ2n) is 7.32. The van der Waals surface area contributed by atoms with Crippen molar-refractivity contribution in [2.75, 3.05) is 39.3 Å². The number of hydrogen-bond acceptors (Lipinski definition) is 4. The Balaban J connectivity index is 1.44. The SMILES string of the molecule is Cc1ccc(/C=C/C(=O)N2CCN(CC(=O)N3CCCC[C@@H]3C)CC2)o1. The second kappa shape index (κ2) is 8.54. The molecule has 2 amide bonds. The van der Waals surface area contributed by atoms with Crippen LogP contribution in [0.2, 0.25) is 0 Å². The molecule has 0 unspecified atom stereocenters. The van der Waals surface area contributed by atoms with Crippen molar-refractivity contribution < 1.29 is 14.0 Å². The van der Waals surface area contributed by atoms with Gasteiger partial charge < -0.3 is 14.2 Å². The number of aryl methyl sites for hydroxylation is 1. The van der Waals surface area contributed by atoms with E-state index in [2.05, 4.69) is 11.8 Å². The molecule has 1 aromatic rings. The number of furan rings is 1. The van der Waals surface area contributed by atoms with Gasteiger partial charge >= 0.3 is 0 Å². The first kappa shape index (κ1) is 18.7. The van der Waals surface area contributed by atoms with E-state index in [-0.39, 0.29) is 11.8 Å². The molecule has 6 heteroatoms. The average molecular weight is 359 g/mol. The van der Waals surface area contributed by atoms with Gasteiger partial charge in [0.05, 0.1) is 6.54 Å². The maximum atomic E-state index is 12.5. The smallest absolute Gasteiger partial charge is 0.246 e. The van der Waals surface area contributed by atoms with Gasteiger partial charge in [-0.2, -0.15) is 0 Å². The fraction of sp³-hybridized carbons (Fsp3) is 0.600. The van der Waals surface area contributed by atoms with Crippen LogP contribution in [0, 0.1) is 6.92 Å². The van der Waals surface area contributed by atoms with Crippen molar-refractivity contribution in [3.63, 3.8) is 0 Å². The topological polar surface area (TPSA) is 57.0 Å². The molecule has 26 heavy (non-hydrogen) atoms. The molecule has 2 aliphatic rings. The third-order valence-electron chi connectivity index (χ3n) is 5.32. The number of carbonyl (C=O) groups excluding carboxylic acids is 2. The molecule has 0 saturated carbocycles. The van der Waals surface area contributed by atoms with Crippen LogP contribution in [0.3, 0.4) is 0 Å². The molecule has 1 aromatic heterocycles. The van der Waals surface area contributed by atoms with Crippen LogP contribution in [0.1, 0.15) is 37.7 Å². The summed E-state index contributed by atoms with van der Waals surface area (Å²) in [5.74, 6) is 1.74. The summed E-state index contributed by atoms with van der Waals surface area (Å²) in [5, 5.41) is 0. The minimum absolute atomic E-state index is 0.00492. The number of nitrogens with zero attached hydrogens (tertiary/aromatic N) is 3. The number of likely N-dealkylation sites (tertiary alicyclic amines) is 1. The maximum absolute atomic E-state index is 12.5. The summed E-state index contributed by atoms with van der Waals surface area (Å²) in [6.07, 6.45) is 6.71. The van der Waals surface area contributed by atoms with Gasteiger partial charge in [0.15, 0.2) is 0 Å². The Bertz CT molecular complexity index is 659. The standard InChI is InChI=1S/C20H29N3O3/c1-16-5-3-4-10-23(16)20(25)15-21-11-13-22(14-12-21)19(24)9-8-18-7-6-17(2)26-18/h6-9,16H,3-5,10-15H2,1-2H3/b9-8+/t16-/m0/s1. The van der Waals surface area contributed by atoms with E-state index in [0.717, 1.165) is 38.2 Å². The van der Waals surface area contributed by atoms with Crippen molar-refractivity contribution in [3.8, 4) is 0 Å². The van der Waals surface area contributed by atoms with E-state index in [1.165, 1.54) is 6.42 Å². The maximum Gasteiger partial charge on any atom is 0.246 e. The van der Waals surface area contributed by atoms with E-state index in [4.69, 9.17) is 4.42 Å². The van der Waals surface area contributed by atoms with E-state index in [0.29, 0.717) is 31.4 Å². The van der Waals surface area contributed by atoms with Crippen LogP contribution < -0.4 is 0 Å². The summed E-state index contributed by atoms with van der Waals surface area (Å²) in [4.78, 5) is 30.8. The Morgan fingerprint density at radius 2 is 1.92 bits per heavy atom. The summed E-state index contributed by atoms with van der Waals surface area (Å²) in [6.45, 7) is 8.17. The Hall–Kier alpha value is -2.08. The van der Waals surface area contributed by atoms with Gasteiger partial charge in [0.2, 0.25) is 11.8 Å². The lowest BCUT2D eigenvalue weighted by Gasteiger charge is -2.37. The number of piperazine rings is 1. The zero-order chi connectivity index (χ0) is 18.5. The molecule has 0 radical (unpaired) electrons. The summed E-state index contributed by atoms with van der Waals surface area (Å²) in [5.41, 5.74) is 0. The number of hydrogen-bond donors (Lipinski definition) is 0. The van der Waals surface area contributed by atoms with Crippen molar-refractivity contribution in [2.45, 2.75) is 39.2 Å². The van der Waals surface area contributed by atoms with Gasteiger partial charge in [-0.25, -0.2) is 0 Å². The van der Waals surface area contributed by atoms with Gasteiger partial charge in [-0.1, -0.05) is 0 Å². The van der Waals surface area contributed by atoms with Crippen molar-refractivity contribution in [1.82, 2.24) is 14.7 Å². The van der Waals surface area contributed by atoms with Gasteiger partial charge in [-0.05, 0) is 51.3 Å². The molecule has 1 atom stereocenters. The molecule has 3 rings (SSSR count). The van der Waals surface area contributed by atoms with Gasteiger partial charge in [0.25, 0.3) is 0 Å². The molecule has 3 heterocycles. The molecule has 2 aliphatic heterocycles. The molecule has 6 nitrogen and oxygen atoms in total. The first-order chi connectivity index (χ1) is 12.5. The predicted octanol–water partition coefficient (Wildman–Crippen LogP) is 2.15. The predicted molar refractivity (Wildman–Crippen MR) is 101 cm³/mol. The zero-order valence-electron chi connectivity index (χ0n) is 15.8. The molecular weight excluding hydrogens is 330 g/mol. The minimum atomic E-state index is -0.00492. The number of piperidine rings is 1. The Morgan fingerprint density at radius 1 is 1.15 bits per heavy atom. The highest BCUT2D eigenvalue weighted by molar-refractivity contribution is 5.91. The van der Waals surface area contributed by atoms with Gasteiger partial charge in [0, 0.05) is 44.8 Å². The largest absolute Gasteiger partial charge is 0.462 e. The Kier molecular flexibility index (Phi) is 6.14. The van der Waals surface area contributed by atoms with Crippen LogP contribution in [0.15, 0.2) is 22.6 Å². The average Bonchev–Trinajstić information content (AvgIpc) is 3.06. The second-order valence-corrected chi connectivity index (χ2v) is 7.32. The molecule has 0 aliphatic carbocycles. The summed E-state index contributed by atoms with van der Waals surface area (Å²) >= 11 is 0. The molecular formula is C20H29N3O3. The van der Waals surface area contributed by atoms with Crippen molar-refractivity contribution in [2.24, 2.45) is 0 Å². The van der Waals surface area contributed by atoms with E-state index < -0.39 is 0 Å².